The molecule has 0 radical (unpaired) electrons. The maximum absolute atomic E-state index is 5.57. The van der Waals surface area contributed by atoms with Crippen LogP contribution in [0.1, 0.15) is 57.9 Å². The number of benzene rings is 1. The number of oxazole rings is 1. The fourth-order valence-corrected chi connectivity index (χ4v) is 3.85. The third-order valence-corrected chi connectivity index (χ3v) is 5.16. The number of ether oxygens (including phenoxy) is 2. The predicted molar refractivity (Wildman–Crippen MR) is 102 cm³/mol. The molecule has 4 rings (SSSR count). The Kier molecular flexibility index (Phi) is 5.56. The number of hydrogen-bond acceptors (Lipinski definition) is 5. The zero-order valence-electron chi connectivity index (χ0n) is 16.3. The van der Waals surface area contributed by atoms with Gasteiger partial charge in [-0.25, -0.2) is 4.98 Å². The molecule has 1 atom stereocenters. The molecule has 5 heteroatoms. The van der Waals surface area contributed by atoms with Crippen molar-refractivity contribution in [2.75, 3.05) is 6.79 Å². The van der Waals surface area contributed by atoms with Crippen molar-refractivity contribution < 1.29 is 13.9 Å². The largest absolute Gasteiger partial charge is 0.454 e. The molecule has 0 amide bonds. The van der Waals surface area contributed by atoms with E-state index in [9.17, 15) is 0 Å². The summed E-state index contributed by atoms with van der Waals surface area (Å²) in [7, 11) is 0. The molecular formula is C21H30N2O3. The molecule has 1 saturated carbocycles. The van der Waals surface area contributed by atoms with Crippen LogP contribution in [0.15, 0.2) is 22.6 Å². The molecule has 1 aromatic carbocycles. The average molecular weight is 358 g/mol. The van der Waals surface area contributed by atoms with Crippen molar-refractivity contribution in [2.24, 2.45) is 17.1 Å². The van der Waals surface area contributed by atoms with Crippen LogP contribution in [0, 0.1) is 18.3 Å². The van der Waals surface area contributed by atoms with Crippen LogP contribution in [0.25, 0.3) is 11.5 Å². The summed E-state index contributed by atoms with van der Waals surface area (Å²) >= 11 is 0. The van der Waals surface area contributed by atoms with E-state index in [0.29, 0.717) is 23.6 Å². The second-order valence-corrected chi connectivity index (χ2v) is 8.16. The molecule has 26 heavy (non-hydrogen) atoms. The first-order valence-corrected chi connectivity index (χ1v) is 9.44. The molecular weight excluding hydrogens is 328 g/mol. The van der Waals surface area contributed by atoms with Gasteiger partial charge in [0.1, 0.15) is 5.76 Å². The fraction of sp³-hybridized carbons (Fsp3) is 0.571. The van der Waals surface area contributed by atoms with E-state index in [1.807, 2.05) is 25.1 Å². The minimum absolute atomic E-state index is 0.261. The lowest BCUT2D eigenvalue weighted by Gasteiger charge is -2.33. The van der Waals surface area contributed by atoms with E-state index < -0.39 is 0 Å². The Balaban J connectivity index is 0.000000185. The van der Waals surface area contributed by atoms with Gasteiger partial charge >= 0.3 is 0 Å². The third kappa shape index (κ3) is 4.39. The van der Waals surface area contributed by atoms with E-state index >= 15 is 0 Å². The number of hydrogen-bond donors (Lipinski definition) is 1. The lowest BCUT2D eigenvalue weighted by Crippen LogP contribution is -2.20. The van der Waals surface area contributed by atoms with Gasteiger partial charge in [-0.1, -0.05) is 33.6 Å². The zero-order valence-corrected chi connectivity index (χ0v) is 16.3. The summed E-state index contributed by atoms with van der Waals surface area (Å²) in [6.07, 6.45) is 5.79. The second-order valence-electron chi connectivity index (χ2n) is 8.16. The average Bonchev–Trinajstić information content (AvgIpc) is 3.19. The molecule has 2 heterocycles. The molecule has 142 valence electrons. The van der Waals surface area contributed by atoms with Crippen LogP contribution in [0.2, 0.25) is 0 Å². The number of rotatable bonds is 2. The molecule has 0 spiro atoms. The Hall–Kier alpha value is -2.01. The molecule has 2 aliphatic rings. The van der Waals surface area contributed by atoms with Crippen molar-refractivity contribution in [3.63, 3.8) is 0 Å². The topological polar surface area (TPSA) is 70.5 Å². The molecule has 1 fully saturated rings. The van der Waals surface area contributed by atoms with Crippen LogP contribution in [0.5, 0.6) is 11.5 Å². The Morgan fingerprint density at radius 1 is 1.23 bits per heavy atom. The Bertz CT molecular complexity index is 752. The van der Waals surface area contributed by atoms with Crippen molar-refractivity contribution in [3.05, 3.63) is 29.7 Å². The van der Waals surface area contributed by atoms with Gasteiger partial charge in [0.25, 0.3) is 0 Å². The molecule has 1 unspecified atom stereocenters. The van der Waals surface area contributed by atoms with Gasteiger partial charge in [0, 0.05) is 12.1 Å². The summed E-state index contributed by atoms with van der Waals surface area (Å²) in [5.74, 6) is 3.75. The van der Waals surface area contributed by atoms with E-state index in [0.717, 1.165) is 28.7 Å². The Morgan fingerprint density at radius 3 is 2.62 bits per heavy atom. The standard InChI is InChI=1S/C12H12N2O3.C9H18/c1-7-9(5-13)14-12(17-7)8-2-3-10-11(4-8)16-6-15-10;1-8-5-4-6-9(2,3)7-8/h2-4H,5-6,13H2,1H3;8H,4-7H2,1-3H3. The van der Waals surface area contributed by atoms with Gasteiger partial charge in [-0.3, -0.25) is 0 Å². The van der Waals surface area contributed by atoms with E-state index in [1.165, 1.54) is 25.7 Å². The third-order valence-electron chi connectivity index (χ3n) is 5.16. The molecule has 1 aliphatic heterocycles. The van der Waals surface area contributed by atoms with Crippen LogP contribution in [-0.4, -0.2) is 11.8 Å². The molecule has 0 bridgehead atoms. The summed E-state index contributed by atoms with van der Waals surface area (Å²) in [5, 5.41) is 0. The highest BCUT2D eigenvalue weighted by atomic mass is 16.7. The van der Waals surface area contributed by atoms with Crippen LogP contribution < -0.4 is 15.2 Å². The van der Waals surface area contributed by atoms with Gasteiger partial charge in [0.15, 0.2) is 11.5 Å². The van der Waals surface area contributed by atoms with Crippen molar-refractivity contribution in [1.29, 1.82) is 0 Å². The Labute approximate surface area is 155 Å². The summed E-state index contributed by atoms with van der Waals surface area (Å²) in [6.45, 7) is 9.65. The zero-order chi connectivity index (χ0) is 18.7. The molecule has 0 saturated heterocycles. The van der Waals surface area contributed by atoms with Crippen molar-refractivity contribution in [3.8, 4) is 23.0 Å². The van der Waals surface area contributed by atoms with Crippen LogP contribution >= 0.6 is 0 Å². The quantitative estimate of drug-likeness (QED) is 0.812. The van der Waals surface area contributed by atoms with Crippen molar-refractivity contribution in [1.82, 2.24) is 4.98 Å². The molecule has 1 aromatic heterocycles. The fourth-order valence-electron chi connectivity index (χ4n) is 3.85. The first-order chi connectivity index (χ1) is 12.4. The molecule has 1 aliphatic carbocycles. The van der Waals surface area contributed by atoms with Crippen LogP contribution in [-0.2, 0) is 6.54 Å². The summed E-state index contributed by atoms with van der Waals surface area (Å²) in [5.41, 5.74) is 7.85. The maximum Gasteiger partial charge on any atom is 0.231 e. The minimum Gasteiger partial charge on any atom is -0.454 e. The summed E-state index contributed by atoms with van der Waals surface area (Å²) in [6, 6.07) is 5.59. The number of nitrogens with two attached hydrogens (primary N) is 1. The second kappa shape index (κ2) is 7.70. The van der Waals surface area contributed by atoms with E-state index in [2.05, 4.69) is 25.8 Å². The monoisotopic (exact) mass is 358 g/mol. The van der Waals surface area contributed by atoms with E-state index in [-0.39, 0.29) is 6.79 Å². The highest BCUT2D eigenvalue weighted by Gasteiger charge is 2.24. The Morgan fingerprint density at radius 2 is 2.00 bits per heavy atom. The smallest absolute Gasteiger partial charge is 0.231 e. The van der Waals surface area contributed by atoms with Crippen molar-refractivity contribution in [2.45, 2.75) is 59.9 Å². The number of aromatic nitrogens is 1. The number of fused-ring (bicyclic) bond motifs is 1. The van der Waals surface area contributed by atoms with Gasteiger partial charge in [-0.05, 0) is 49.3 Å². The van der Waals surface area contributed by atoms with E-state index in [4.69, 9.17) is 19.6 Å². The molecule has 5 nitrogen and oxygen atoms in total. The van der Waals surface area contributed by atoms with Crippen LogP contribution in [0.3, 0.4) is 0 Å². The van der Waals surface area contributed by atoms with Gasteiger partial charge in [-0.2, -0.15) is 0 Å². The molecule has 2 aromatic rings. The van der Waals surface area contributed by atoms with Gasteiger partial charge in [0.2, 0.25) is 12.7 Å². The SMILES string of the molecule is CC1CCCC(C)(C)C1.Cc1oc(-c2ccc3c(c2)OCO3)nc1CN. The maximum atomic E-state index is 5.57. The van der Waals surface area contributed by atoms with Gasteiger partial charge in [-0.15, -0.1) is 0 Å². The lowest BCUT2D eigenvalue weighted by atomic mass is 9.73. The summed E-state index contributed by atoms with van der Waals surface area (Å²) < 4.78 is 16.1. The van der Waals surface area contributed by atoms with Gasteiger partial charge < -0.3 is 19.6 Å². The molecule has 2 N–H and O–H groups in total. The number of aryl methyl sites for hydroxylation is 1. The highest BCUT2D eigenvalue weighted by molar-refractivity contribution is 5.60. The highest BCUT2D eigenvalue weighted by Crippen LogP contribution is 2.38. The first-order valence-electron chi connectivity index (χ1n) is 9.44. The minimum atomic E-state index is 0.261. The number of nitrogens with zero attached hydrogens (tertiary/aromatic N) is 1. The van der Waals surface area contributed by atoms with Crippen molar-refractivity contribution >= 4 is 0 Å². The van der Waals surface area contributed by atoms with Crippen LogP contribution in [0.4, 0.5) is 0 Å². The first kappa shape index (κ1) is 18.8. The predicted octanol–water partition coefficient (Wildman–Crippen LogP) is 5.06. The summed E-state index contributed by atoms with van der Waals surface area (Å²) in [4.78, 5) is 4.34. The van der Waals surface area contributed by atoms with E-state index in [1.54, 1.807) is 0 Å². The van der Waals surface area contributed by atoms with Gasteiger partial charge in [0.05, 0.1) is 5.69 Å². The normalized spacial score (nSPS) is 20.4. The lowest BCUT2D eigenvalue weighted by molar-refractivity contribution is 0.174.